The zero-order chi connectivity index (χ0) is 16.3. The first-order valence-corrected chi connectivity index (χ1v) is 8.84. The van der Waals surface area contributed by atoms with Gasteiger partial charge in [0.1, 0.15) is 0 Å². The van der Waals surface area contributed by atoms with E-state index in [1.165, 1.54) is 25.1 Å². The molecule has 0 aliphatic heterocycles. The molecule has 0 atom stereocenters. The van der Waals surface area contributed by atoms with E-state index >= 15 is 0 Å². The largest absolute Gasteiger partial charge is 0.322 e. The summed E-state index contributed by atoms with van der Waals surface area (Å²) in [6.07, 6.45) is 0. The van der Waals surface area contributed by atoms with Gasteiger partial charge in [-0.05, 0) is 30.3 Å². The van der Waals surface area contributed by atoms with Crippen molar-refractivity contribution >= 4 is 44.6 Å². The maximum Gasteiger partial charge on any atom is 0.256 e. The third-order valence-electron chi connectivity index (χ3n) is 3.02. The molecule has 0 bridgehead atoms. The average Bonchev–Trinajstić information content (AvgIpc) is 2.51. The van der Waals surface area contributed by atoms with Gasteiger partial charge in [0, 0.05) is 5.69 Å². The van der Waals surface area contributed by atoms with Gasteiger partial charge in [-0.25, -0.2) is 8.42 Å². The van der Waals surface area contributed by atoms with E-state index in [0.29, 0.717) is 15.7 Å². The van der Waals surface area contributed by atoms with Gasteiger partial charge in [-0.1, -0.05) is 42.3 Å². The molecule has 0 unspecified atom stereocenters. The molecule has 4 nitrogen and oxygen atoms in total. The van der Waals surface area contributed by atoms with Gasteiger partial charge in [0.15, 0.2) is 9.84 Å². The lowest BCUT2D eigenvalue weighted by Crippen LogP contribution is -2.17. The van der Waals surface area contributed by atoms with E-state index in [2.05, 4.69) is 5.32 Å². The van der Waals surface area contributed by atoms with Crippen LogP contribution in [-0.4, -0.2) is 20.1 Å². The Balaban J connectivity index is 2.36. The predicted octanol–water partition coefficient (Wildman–Crippen LogP) is 4.04. The molecule has 1 N–H and O–H groups in total. The summed E-state index contributed by atoms with van der Waals surface area (Å²) in [6, 6.07) is 10.7. The number of carbonyl (C=O) groups is 1. The van der Waals surface area contributed by atoms with E-state index in [-0.39, 0.29) is 16.2 Å². The predicted molar refractivity (Wildman–Crippen MR) is 88.6 cm³/mol. The maximum atomic E-state index is 12.3. The summed E-state index contributed by atoms with van der Waals surface area (Å²) in [5, 5.41) is 3.29. The van der Waals surface area contributed by atoms with Gasteiger partial charge < -0.3 is 5.32 Å². The van der Waals surface area contributed by atoms with Crippen molar-refractivity contribution in [3.63, 3.8) is 0 Å². The van der Waals surface area contributed by atoms with Crippen LogP contribution in [0.3, 0.4) is 0 Å². The SMILES string of the molecule is CCS(=O)(=O)c1ccccc1C(=O)Nc1ccc(Cl)c(Cl)c1. The fourth-order valence-electron chi connectivity index (χ4n) is 1.85. The fourth-order valence-corrected chi connectivity index (χ4v) is 3.24. The Morgan fingerprint density at radius 1 is 1.09 bits per heavy atom. The Bertz CT molecular complexity index is 819. The van der Waals surface area contributed by atoms with Crippen molar-refractivity contribution < 1.29 is 13.2 Å². The van der Waals surface area contributed by atoms with Crippen molar-refractivity contribution in [3.8, 4) is 0 Å². The topological polar surface area (TPSA) is 63.2 Å². The minimum Gasteiger partial charge on any atom is -0.322 e. The molecule has 0 saturated carbocycles. The van der Waals surface area contributed by atoms with E-state index in [4.69, 9.17) is 23.2 Å². The van der Waals surface area contributed by atoms with Crippen molar-refractivity contribution in [2.45, 2.75) is 11.8 Å². The first-order valence-electron chi connectivity index (χ1n) is 6.43. The molecule has 0 fully saturated rings. The van der Waals surface area contributed by atoms with Crippen LogP contribution in [0, 0.1) is 0 Å². The van der Waals surface area contributed by atoms with Gasteiger partial charge in [0.05, 0.1) is 26.3 Å². The molecule has 0 spiro atoms. The van der Waals surface area contributed by atoms with E-state index in [9.17, 15) is 13.2 Å². The zero-order valence-electron chi connectivity index (χ0n) is 11.6. The monoisotopic (exact) mass is 357 g/mol. The van der Waals surface area contributed by atoms with Crippen LogP contribution in [0.2, 0.25) is 10.0 Å². The number of hydrogen-bond acceptors (Lipinski definition) is 3. The molecule has 0 aliphatic carbocycles. The highest BCUT2D eigenvalue weighted by Crippen LogP contribution is 2.26. The highest BCUT2D eigenvalue weighted by atomic mass is 35.5. The zero-order valence-corrected chi connectivity index (χ0v) is 14.0. The molecule has 22 heavy (non-hydrogen) atoms. The lowest BCUT2D eigenvalue weighted by molar-refractivity contribution is 0.102. The third-order valence-corrected chi connectivity index (χ3v) is 5.55. The highest BCUT2D eigenvalue weighted by Gasteiger charge is 2.20. The summed E-state index contributed by atoms with van der Waals surface area (Å²) in [4.78, 5) is 12.4. The minimum atomic E-state index is -3.49. The molecule has 0 aliphatic rings. The number of halogens is 2. The number of carbonyl (C=O) groups excluding carboxylic acids is 1. The fraction of sp³-hybridized carbons (Fsp3) is 0.133. The number of sulfone groups is 1. The Morgan fingerprint density at radius 3 is 2.41 bits per heavy atom. The normalized spacial score (nSPS) is 11.2. The smallest absolute Gasteiger partial charge is 0.256 e. The lowest BCUT2D eigenvalue weighted by Gasteiger charge is -2.10. The standard InChI is InChI=1S/C15H13Cl2NO3S/c1-2-22(20,21)14-6-4-3-5-11(14)15(19)18-10-7-8-12(16)13(17)9-10/h3-9H,2H2,1H3,(H,18,19). The second-order valence-electron chi connectivity index (χ2n) is 4.48. The molecule has 116 valence electrons. The Labute approximate surface area is 139 Å². The van der Waals surface area contributed by atoms with Crippen LogP contribution in [0.5, 0.6) is 0 Å². The highest BCUT2D eigenvalue weighted by molar-refractivity contribution is 7.91. The van der Waals surface area contributed by atoms with Crippen LogP contribution in [0.4, 0.5) is 5.69 Å². The van der Waals surface area contributed by atoms with Gasteiger partial charge in [-0.3, -0.25) is 4.79 Å². The summed E-state index contributed by atoms with van der Waals surface area (Å²) < 4.78 is 24.1. The summed E-state index contributed by atoms with van der Waals surface area (Å²) in [7, 11) is -3.49. The first kappa shape index (κ1) is 16.8. The van der Waals surface area contributed by atoms with E-state index in [1.54, 1.807) is 24.3 Å². The number of amides is 1. The molecule has 0 aromatic heterocycles. The Hall–Kier alpha value is -1.56. The van der Waals surface area contributed by atoms with Crippen molar-refractivity contribution in [1.29, 1.82) is 0 Å². The number of anilines is 1. The number of hydrogen-bond donors (Lipinski definition) is 1. The number of nitrogens with one attached hydrogen (secondary N) is 1. The minimum absolute atomic E-state index is 0.00932. The van der Waals surface area contributed by atoms with Gasteiger partial charge in [0.25, 0.3) is 5.91 Å². The molecule has 7 heteroatoms. The molecule has 0 radical (unpaired) electrons. The number of rotatable bonds is 4. The molecule has 0 saturated heterocycles. The van der Waals surface area contributed by atoms with E-state index in [0.717, 1.165) is 0 Å². The molecule has 2 aromatic rings. The van der Waals surface area contributed by atoms with Crippen LogP contribution in [0.25, 0.3) is 0 Å². The summed E-state index contributed by atoms with van der Waals surface area (Å²) in [6.45, 7) is 1.53. The maximum absolute atomic E-state index is 12.3. The van der Waals surface area contributed by atoms with Crippen LogP contribution >= 0.6 is 23.2 Å². The first-order chi connectivity index (χ1) is 10.3. The third kappa shape index (κ3) is 3.61. The van der Waals surface area contributed by atoms with Crippen LogP contribution in [-0.2, 0) is 9.84 Å². The van der Waals surface area contributed by atoms with Crippen molar-refractivity contribution in [1.82, 2.24) is 0 Å². The van der Waals surface area contributed by atoms with E-state index < -0.39 is 15.7 Å². The Morgan fingerprint density at radius 2 is 1.77 bits per heavy atom. The van der Waals surface area contributed by atoms with Crippen LogP contribution in [0.1, 0.15) is 17.3 Å². The van der Waals surface area contributed by atoms with Gasteiger partial charge in [-0.2, -0.15) is 0 Å². The summed E-state index contributed by atoms with van der Waals surface area (Å²) >= 11 is 11.7. The molecular formula is C15H13Cl2NO3S. The number of benzene rings is 2. The van der Waals surface area contributed by atoms with Gasteiger partial charge >= 0.3 is 0 Å². The quantitative estimate of drug-likeness (QED) is 0.897. The molecule has 1 amide bonds. The van der Waals surface area contributed by atoms with Crippen LogP contribution in [0.15, 0.2) is 47.4 Å². The second-order valence-corrected chi connectivity index (χ2v) is 7.54. The second kappa shape index (κ2) is 6.69. The van der Waals surface area contributed by atoms with E-state index in [1.807, 2.05) is 0 Å². The van der Waals surface area contributed by atoms with Crippen molar-refractivity contribution in [2.75, 3.05) is 11.1 Å². The molecule has 2 aromatic carbocycles. The lowest BCUT2D eigenvalue weighted by atomic mass is 10.2. The van der Waals surface area contributed by atoms with Crippen molar-refractivity contribution in [2.24, 2.45) is 0 Å². The molecular weight excluding hydrogens is 345 g/mol. The van der Waals surface area contributed by atoms with Gasteiger partial charge in [0.2, 0.25) is 0 Å². The van der Waals surface area contributed by atoms with Crippen LogP contribution < -0.4 is 5.32 Å². The molecule has 0 heterocycles. The van der Waals surface area contributed by atoms with Crippen molar-refractivity contribution in [3.05, 3.63) is 58.1 Å². The van der Waals surface area contributed by atoms with Gasteiger partial charge in [-0.15, -0.1) is 0 Å². The molecule has 2 rings (SSSR count). The summed E-state index contributed by atoms with van der Waals surface area (Å²) in [5.41, 5.74) is 0.526. The Kier molecular flexibility index (Phi) is 5.11. The summed E-state index contributed by atoms with van der Waals surface area (Å²) in [5.74, 6) is -0.602. The average molecular weight is 358 g/mol.